The zero-order valence-electron chi connectivity index (χ0n) is 12.6. The van der Waals surface area contributed by atoms with Gasteiger partial charge >= 0.3 is 6.18 Å². The van der Waals surface area contributed by atoms with E-state index < -0.39 is 23.6 Å². The average molecular weight is 369 g/mol. The van der Waals surface area contributed by atoms with Crippen molar-refractivity contribution in [2.45, 2.75) is 6.18 Å². The lowest BCUT2D eigenvalue weighted by Crippen LogP contribution is -2.13. The van der Waals surface area contributed by atoms with Crippen molar-refractivity contribution >= 4 is 35.2 Å². The summed E-state index contributed by atoms with van der Waals surface area (Å²) >= 11 is 5.81. The van der Waals surface area contributed by atoms with Crippen LogP contribution in [-0.4, -0.2) is 11.8 Å². The van der Waals surface area contributed by atoms with E-state index in [1.54, 1.807) is 0 Å². The third kappa shape index (κ3) is 5.09. The lowest BCUT2D eigenvalue weighted by Gasteiger charge is -2.06. The van der Waals surface area contributed by atoms with Crippen LogP contribution < -0.4 is 11.1 Å². The molecule has 0 unspecified atom stereocenters. The summed E-state index contributed by atoms with van der Waals surface area (Å²) < 4.78 is 37.4. The number of primary amides is 1. The monoisotopic (exact) mass is 368 g/mol. The molecule has 0 heterocycles. The second-order valence-corrected chi connectivity index (χ2v) is 5.41. The van der Waals surface area contributed by atoms with E-state index in [4.69, 9.17) is 17.3 Å². The fourth-order valence-corrected chi connectivity index (χ4v) is 2.14. The van der Waals surface area contributed by atoms with Crippen LogP contribution in [0.2, 0.25) is 5.02 Å². The Morgan fingerprint density at radius 3 is 2.28 bits per heavy atom. The number of nitrogens with one attached hydrogen (secondary N) is 1. The largest absolute Gasteiger partial charge is 0.416 e. The van der Waals surface area contributed by atoms with Crippen LogP contribution in [0.25, 0.3) is 6.08 Å². The second-order valence-electron chi connectivity index (χ2n) is 5.00. The van der Waals surface area contributed by atoms with Crippen molar-refractivity contribution in [3.63, 3.8) is 0 Å². The van der Waals surface area contributed by atoms with Crippen LogP contribution in [0.5, 0.6) is 0 Å². The number of carbonyl (C=O) groups is 2. The highest BCUT2D eigenvalue weighted by molar-refractivity contribution is 6.34. The standard InChI is InChI=1S/C17H12ClF3N2O2/c18-14-7-6-12(9-13(14)16(22)25)23-15(24)8-3-10-1-4-11(5-2-10)17(19,20)21/h1-9H,(H2,22,25)(H,23,24)/b8-3+. The predicted octanol–water partition coefficient (Wildman–Crippen LogP) is 4.11. The third-order valence-corrected chi connectivity index (χ3v) is 3.49. The quantitative estimate of drug-likeness (QED) is 0.797. The van der Waals surface area contributed by atoms with Gasteiger partial charge < -0.3 is 11.1 Å². The van der Waals surface area contributed by atoms with Gasteiger partial charge in [0.15, 0.2) is 0 Å². The first kappa shape index (κ1) is 18.5. The van der Waals surface area contributed by atoms with Gasteiger partial charge in [-0.15, -0.1) is 0 Å². The molecule has 0 aliphatic carbocycles. The fourth-order valence-electron chi connectivity index (χ4n) is 1.93. The highest BCUT2D eigenvalue weighted by Gasteiger charge is 2.29. The minimum atomic E-state index is -4.41. The Morgan fingerprint density at radius 1 is 1.08 bits per heavy atom. The molecule has 0 aliphatic heterocycles. The van der Waals surface area contributed by atoms with Gasteiger partial charge in [0.2, 0.25) is 11.8 Å². The van der Waals surface area contributed by atoms with Crippen molar-refractivity contribution in [3.8, 4) is 0 Å². The van der Waals surface area contributed by atoms with Crippen molar-refractivity contribution in [1.29, 1.82) is 0 Å². The molecule has 2 aromatic rings. The maximum Gasteiger partial charge on any atom is 0.416 e. The molecule has 0 bridgehead atoms. The van der Waals surface area contributed by atoms with Gasteiger partial charge in [-0.05, 0) is 42.0 Å². The van der Waals surface area contributed by atoms with E-state index in [0.29, 0.717) is 11.3 Å². The zero-order valence-corrected chi connectivity index (χ0v) is 13.4. The summed E-state index contributed by atoms with van der Waals surface area (Å²) in [5.74, 6) is -1.26. The van der Waals surface area contributed by atoms with Crippen LogP contribution in [-0.2, 0) is 11.0 Å². The van der Waals surface area contributed by atoms with Crippen LogP contribution >= 0.6 is 11.6 Å². The molecule has 2 aromatic carbocycles. The molecule has 2 rings (SSSR count). The minimum absolute atomic E-state index is 0.0613. The first-order valence-electron chi connectivity index (χ1n) is 6.92. The number of hydrogen-bond donors (Lipinski definition) is 2. The van der Waals surface area contributed by atoms with Crippen LogP contribution in [0.4, 0.5) is 18.9 Å². The van der Waals surface area contributed by atoms with Gasteiger partial charge in [-0.2, -0.15) is 13.2 Å². The van der Waals surface area contributed by atoms with Gasteiger partial charge in [-0.1, -0.05) is 23.7 Å². The minimum Gasteiger partial charge on any atom is -0.366 e. The topological polar surface area (TPSA) is 72.2 Å². The van der Waals surface area contributed by atoms with Gasteiger partial charge in [0.25, 0.3) is 0 Å². The van der Waals surface area contributed by atoms with Gasteiger partial charge in [0.1, 0.15) is 0 Å². The Hall–Kier alpha value is -2.80. The molecule has 0 saturated heterocycles. The molecule has 4 nitrogen and oxygen atoms in total. The third-order valence-electron chi connectivity index (χ3n) is 3.16. The Labute approximate surface area is 146 Å². The van der Waals surface area contributed by atoms with E-state index in [-0.39, 0.29) is 10.6 Å². The number of anilines is 1. The molecule has 130 valence electrons. The van der Waals surface area contributed by atoms with Gasteiger partial charge in [0.05, 0.1) is 16.1 Å². The molecule has 0 aromatic heterocycles. The molecule has 0 radical (unpaired) electrons. The normalized spacial score (nSPS) is 11.5. The molecule has 0 saturated carbocycles. The van der Waals surface area contributed by atoms with Crippen molar-refractivity contribution in [3.05, 3.63) is 70.3 Å². The van der Waals surface area contributed by atoms with Crippen LogP contribution in [0.1, 0.15) is 21.5 Å². The maximum atomic E-state index is 12.5. The molecule has 0 atom stereocenters. The zero-order chi connectivity index (χ0) is 18.6. The van der Waals surface area contributed by atoms with Crippen LogP contribution in [0.15, 0.2) is 48.5 Å². The van der Waals surface area contributed by atoms with E-state index in [2.05, 4.69) is 5.32 Å². The summed E-state index contributed by atoms with van der Waals surface area (Å²) in [6, 6.07) is 8.58. The summed E-state index contributed by atoms with van der Waals surface area (Å²) in [5, 5.41) is 2.66. The predicted molar refractivity (Wildman–Crippen MR) is 89.1 cm³/mol. The fraction of sp³-hybridized carbons (Fsp3) is 0.0588. The Morgan fingerprint density at radius 2 is 1.72 bits per heavy atom. The van der Waals surface area contributed by atoms with Crippen molar-refractivity contribution in [1.82, 2.24) is 0 Å². The summed E-state index contributed by atoms with van der Waals surface area (Å²) in [6.07, 6.45) is -1.89. The second kappa shape index (κ2) is 7.40. The highest BCUT2D eigenvalue weighted by atomic mass is 35.5. The Kier molecular flexibility index (Phi) is 5.48. The van der Waals surface area contributed by atoms with E-state index in [1.807, 2.05) is 0 Å². The number of amides is 2. The first-order chi connectivity index (χ1) is 11.7. The molecule has 0 spiro atoms. The molecule has 3 N–H and O–H groups in total. The van der Waals surface area contributed by atoms with Crippen molar-refractivity contribution in [2.24, 2.45) is 5.73 Å². The molecular weight excluding hydrogens is 357 g/mol. The molecule has 8 heteroatoms. The molecule has 25 heavy (non-hydrogen) atoms. The summed E-state index contributed by atoms with van der Waals surface area (Å²) in [6.45, 7) is 0. The van der Waals surface area contributed by atoms with Gasteiger partial charge in [0, 0.05) is 11.8 Å². The lowest BCUT2D eigenvalue weighted by atomic mass is 10.1. The number of rotatable bonds is 4. The van der Waals surface area contributed by atoms with Gasteiger partial charge in [-0.25, -0.2) is 0 Å². The SMILES string of the molecule is NC(=O)c1cc(NC(=O)/C=C/c2ccc(C(F)(F)F)cc2)ccc1Cl. The maximum absolute atomic E-state index is 12.5. The number of benzene rings is 2. The average Bonchev–Trinajstić information content (AvgIpc) is 2.54. The molecule has 2 amide bonds. The summed E-state index contributed by atoms with van der Waals surface area (Å²) in [7, 11) is 0. The Balaban J connectivity index is 2.06. The van der Waals surface area contributed by atoms with Crippen LogP contribution in [0.3, 0.4) is 0 Å². The smallest absolute Gasteiger partial charge is 0.366 e. The summed E-state index contributed by atoms with van der Waals surface area (Å²) in [4.78, 5) is 23.1. The van der Waals surface area contributed by atoms with Crippen molar-refractivity contribution < 1.29 is 22.8 Å². The van der Waals surface area contributed by atoms with E-state index in [0.717, 1.165) is 18.2 Å². The number of alkyl halides is 3. The molecule has 0 fully saturated rings. The van der Waals surface area contributed by atoms with E-state index in [1.165, 1.54) is 36.4 Å². The van der Waals surface area contributed by atoms with Crippen LogP contribution in [0, 0.1) is 0 Å². The number of carbonyl (C=O) groups excluding carboxylic acids is 2. The van der Waals surface area contributed by atoms with E-state index >= 15 is 0 Å². The van der Waals surface area contributed by atoms with Gasteiger partial charge in [-0.3, -0.25) is 9.59 Å². The highest BCUT2D eigenvalue weighted by Crippen LogP contribution is 2.29. The number of hydrogen-bond acceptors (Lipinski definition) is 2. The molecule has 0 aliphatic rings. The number of nitrogens with two attached hydrogens (primary N) is 1. The first-order valence-corrected chi connectivity index (χ1v) is 7.30. The van der Waals surface area contributed by atoms with Crippen molar-refractivity contribution in [2.75, 3.05) is 5.32 Å². The Bertz CT molecular complexity index is 831. The lowest BCUT2D eigenvalue weighted by molar-refractivity contribution is -0.137. The summed E-state index contributed by atoms with van der Waals surface area (Å²) in [5.41, 5.74) is 5.19. The van der Waals surface area contributed by atoms with E-state index in [9.17, 15) is 22.8 Å². The molecular formula is C17H12ClF3N2O2. The number of halogens is 4.